The van der Waals surface area contributed by atoms with Gasteiger partial charge in [-0.1, -0.05) is 13.8 Å². The molecule has 4 nitrogen and oxygen atoms in total. The Morgan fingerprint density at radius 2 is 2.31 bits per heavy atom. The van der Waals surface area contributed by atoms with Crippen molar-refractivity contribution in [1.29, 1.82) is 5.26 Å². The zero-order chi connectivity index (χ0) is 12.2. The second-order valence-corrected chi connectivity index (χ2v) is 6.09. The SMILES string of the molecule is CCS(=O)(=O)C1=CNCC(C(C)CC#N)=C1. The molecule has 0 aromatic heterocycles. The summed E-state index contributed by atoms with van der Waals surface area (Å²) in [6.45, 7) is 4.17. The highest BCUT2D eigenvalue weighted by Crippen LogP contribution is 2.21. The van der Waals surface area contributed by atoms with Crippen molar-refractivity contribution >= 4 is 9.84 Å². The molecule has 1 rings (SSSR count). The van der Waals surface area contributed by atoms with Gasteiger partial charge in [-0.15, -0.1) is 0 Å². The molecule has 0 aromatic rings. The van der Waals surface area contributed by atoms with E-state index in [-0.39, 0.29) is 11.7 Å². The summed E-state index contributed by atoms with van der Waals surface area (Å²) in [7, 11) is -3.16. The van der Waals surface area contributed by atoms with Crippen LogP contribution in [0, 0.1) is 17.2 Å². The maximum absolute atomic E-state index is 11.7. The molecule has 5 heteroatoms. The monoisotopic (exact) mass is 240 g/mol. The summed E-state index contributed by atoms with van der Waals surface area (Å²) in [5.41, 5.74) is 0.969. The number of hydrogen-bond acceptors (Lipinski definition) is 4. The predicted molar refractivity (Wildman–Crippen MR) is 63.0 cm³/mol. The average molecular weight is 240 g/mol. The first-order valence-corrected chi connectivity index (χ1v) is 6.90. The maximum Gasteiger partial charge on any atom is 0.179 e. The molecule has 16 heavy (non-hydrogen) atoms. The number of rotatable bonds is 4. The van der Waals surface area contributed by atoms with E-state index in [1.54, 1.807) is 13.0 Å². The molecule has 1 aliphatic heterocycles. The first kappa shape index (κ1) is 12.8. The summed E-state index contributed by atoms with van der Waals surface area (Å²) in [6, 6.07) is 2.09. The van der Waals surface area contributed by atoms with Gasteiger partial charge in [0.1, 0.15) is 0 Å². The third-order valence-electron chi connectivity index (χ3n) is 2.65. The van der Waals surface area contributed by atoms with Gasteiger partial charge in [0.05, 0.1) is 16.7 Å². The maximum atomic E-state index is 11.7. The summed E-state index contributed by atoms with van der Waals surface area (Å²) >= 11 is 0. The molecule has 0 saturated heterocycles. The molecule has 0 bridgehead atoms. The lowest BCUT2D eigenvalue weighted by atomic mass is 9.97. The molecule has 0 saturated carbocycles. The Labute approximate surface area is 96.6 Å². The molecular formula is C11H16N2O2S. The number of nitrogens with zero attached hydrogens (tertiary/aromatic N) is 1. The van der Waals surface area contributed by atoms with Gasteiger partial charge >= 0.3 is 0 Å². The van der Waals surface area contributed by atoms with E-state index in [1.165, 1.54) is 6.20 Å². The zero-order valence-corrected chi connectivity index (χ0v) is 10.3. The van der Waals surface area contributed by atoms with E-state index < -0.39 is 9.84 Å². The molecule has 0 fully saturated rings. The van der Waals surface area contributed by atoms with Gasteiger partial charge in [-0.25, -0.2) is 8.42 Å². The standard InChI is InChI=1S/C11H16N2O2S/c1-3-16(14,15)11-6-10(7-13-8-11)9(2)4-5-12/h6,8-9,13H,3-4,7H2,1-2H3. The number of hydrogen-bond donors (Lipinski definition) is 1. The van der Waals surface area contributed by atoms with Gasteiger partial charge < -0.3 is 5.32 Å². The summed E-state index contributed by atoms with van der Waals surface area (Å²) in [6.07, 6.45) is 3.63. The fourth-order valence-corrected chi connectivity index (χ4v) is 2.40. The summed E-state index contributed by atoms with van der Waals surface area (Å²) in [4.78, 5) is 0.320. The van der Waals surface area contributed by atoms with Crippen LogP contribution >= 0.6 is 0 Å². The minimum absolute atomic E-state index is 0.0910. The first-order valence-electron chi connectivity index (χ1n) is 5.25. The highest BCUT2D eigenvalue weighted by Gasteiger charge is 2.19. The van der Waals surface area contributed by atoms with E-state index in [2.05, 4.69) is 11.4 Å². The number of nitriles is 1. The van der Waals surface area contributed by atoms with Crippen molar-refractivity contribution < 1.29 is 8.42 Å². The third kappa shape index (κ3) is 2.86. The summed E-state index contributed by atoms with van der Waals surface area (Å²) < 4.78 is 23.3. The highest BCUT2D eigenvalue weighted by atomic mass is 32.2. The summed E-state index contributed by atoms with van der Waals surface area (Å²) in [5.74, 6) is 0.185. The van der Waals surface area contributed by atoms with Crippen LogP contribution in [-0.2, 0) is 9.84 Å². The zero-order valence-electron chi connectivity index (χ0n) is 9.53. The topological polar surface area (TPSA) is 70.0 Å². The summed E-state index contributed by atoms with van der Waals surface area (Å²) in [5, 5.41) is 11.6. The van der Waals surface area contributed by atoms with Crippen molar-refractivity contribution in [2.75, 3.05) is 12.3 Å². The van der Waals surface area contributed by atoms with Crippen LogP contribution in [0.3, 0.4) is 0 Å². The van der Waals surface area contributed by atoms with Gasteiger partial charge in [-0.3, -0.25) is 0 Å². The van der Waals surface area contributed by atoms with Gasteiger partial charge in [0.25, 0.3) is 0 Å². The number of dihydropyridines is 1. The smallest absolute Gasteiger partial charge is 0.179 e. The van der Waals surface area contributed by atoms with Crippen LogP contribution in [0.2, 0.25) is 0 Å². The van der Waals surface area contributed by atoms with E-state index in [0.29, 0.717) is 17.9 Å². The number of sulfone groups is 1. The molecule has 0 aromatic carbocycles. The van der Waals surface area contributed by atoms with Gasteiger partial charge in [0.2, 0.25) is 0 Å². The quantitative estimate of drug-likeness (QED) is 0.805. The van der Waals surface area contributed by atoms with Crippen LogP contribution in [0.5, 0.6) is 0 Å². The molecule has 0 radical (unpaired) electrons. The molecule has 1 unspecified atom stereocenters. The number of nitrogens with one attached hydrogen (secondary N) is 1. The van der Waals surface area contributed by atoms with Crippen molar-refractivity contribution in [3.8, 4) is 6.07 Å². The lowest BCUT2D eigenvalue weighted by Gasteiger charge is -2.18. The van der Waals surface area contributed by atoms with Crippen LogP contribution in [0.25, 0.3) is 0 Å². The van der Waals surface area contributed by atoms with Crippen LogP contribution in [-0.4, -0.2) is 20.7 Å². The Morgan fingerprint density at radius 1 is 1.62 bits per heavy atom. The largest absolute Gasteiger partial charge is 0.386 e. The Hall–Kier alpha value is -1.28. The highest BCUT2D eigenvalue weighted by molar-refractivity contribution is 7.95. The number of allylic oxidation sites excluding steroid dienone is 1. The molecule has 88 valence electrons. The fourth-order valence-electron chi connectivity index (χ4n) is 1.48. The van der Waals surface area contributed by atoms with Crippen molar-refractivity contribution in [2.45, 2.75) is 20.3 Å². The van der Waals surface area contributed by atoms with Crippen molar-refractivity contribution in [3.63, 3.8) is 0 Å². The van der Waals surface area contributed by atoms with Crippen LogP contribution in [0.15, 0.2) is 22.8 Å². The van der Waals surface area contributed by atoms with Gasteiger partial charge in [-0.2, -0.15) is 5.26 Å². The fraction of sp³-hybridized carbons (Fsp3) is 0.545. The van der Waals surface area contributed by atoms with Gasteiger partial charge in [0, 0.05) is 19.2 Å². The molecule has 1 heterocycles. The molecule has 1 N–H and O–H groups in total. The van der Waals surface area contributed by atoms with Gasteiger partial charge in [-0.05, 0) is 17.6 Å². The van der Waals surface area contributed by atoms with Gasteiger partial charge in [0.15, 0.2) is 9.84 Å². The Balaban J connectivity index is 2.94. The lowest BCUT2D eigenvalue weighted by Crippen LogP contribution is -2.22. The second-order valence-electron chi connectivity index (χ2n) is 3.81. The molecule has 1 atom stereocenters. The Kier molecular flexibility index (Phi) is 4.13. The van der Waals surface area contributed by atoms with E-state index in [0.717, 1.165) is 5.57 Å². The second kappa shape index (κ2) is 5.17. The lowest BCUT2D eigenvalue weighted by molar-refractivity contribution is 0.602. The normalized spacial score (nSPS) is 17.8. The van der Waals surface area contributed by atoms with Crippen LogP contribution in [0.4, 0.5) is 0 Å². The molecule has 1 aliphatic rings. The third-order valence-corrected chi connectivity index (χ3v) is 4.36. The van der Waals surface area contributed by atoms with E-state index in [9.17, 15) is 8.42 Å². The van der Waals surface area contributed by atoms with Crippen molar-refractivity contribution in [1.82, 2.24) is 5.32 Å². The van der Waals surface area contributed by atoms with Crippen LogP contribution in [0.1, 0.15) is 20.3 Å². The molecule has 0 aliphatic carbocycles. The van der Waals surface area contributed by atoms with E-state index in [1.807, 2.05) is 6.92 Å². The van der Waals surface area contributed by atoms with Crippen molar-refractivity contribution in [2.24, 2.45) is 5.92 Å². The van der Waals surface area contributed by atoms with Crippen LogP contribution < -0.4 is 5.32 Å². The van der Waals surface area contributed by atoms with E-state index in [4.69, 9.17) is 5.26 Å². The van der Waals surface area contributed by atoms with E-state index >= 15 is 0 Å². The molecular weight excluding hydrogens is 224 g/mol. The van der Waals surface area contributed by atoms with Crippen molar-refractivity contribution in [3.05, 3.63) is 22.8 Å². The average Bonchev–Trinajstić information content (AvgIpc) is 2.29. The Bertz CT molecular complexity index is 455. The Morgan fingerprint density at radius 3 is 2.88 bits per heavy atom. The molecule has 0 amide bonds. The minimum Gasteiger partial charge on any atom is -0.386 e. The predicted octanol–water partition coefficient (Wildman–Crippen LogP) is 1.34. The first-order chi connectivity index (χ1) is 7.51. The minimum atomic E-state index is -3.16. The molecule has 0 spiro atoms.